The van der Waals surface area contributed by atoms with Crippen molar-refractivity contribution in [1.29, 1.82) is 5.26 Å². The van der Waals surface area contributed by atoms with Gasteiger partial charge >= 0.3 is 0 Å². The molecule has 0 atom stereocenters. The summed E-state index contributed by atoms with van der Waals surface area (Å²) in [4.78, 5) is 4.06. The van der Waals surface area contributed by atoms with E-state index >= 15 is 0 Å². The summed E-state index contributed by atoms with van der Waals surface area (Å²) in [6.45, 7) is 2.26. The Labute approximate surface area is 103 Å². The molecule has 17 heavy (non-hydrogen) atoms. The monoisotopic (exact) mass is 248 g/mol. The number of pyridine rings is 1. The number of nitrogens with one attached hydrogen (secondary N) is 1. The summed E-state index contributed by atoms with van der Waals surface area (Å²) in [7, 11) is 0. The minimum Gasteiger partial charge on any atom is -0.363 e. The van der Waals surface area contributed by atoms with Gasteiger partial charge in [0.1, 0.15) is 28.4 Å². The predicted molar refractivity (Wildman–Crippen MR) is 62.5 cm³/mol. The molecule has 0 saturated heterocycles. The zero-order valence-corrected chi connectivity index (χ0v) is 9.82. The molecule has 6 heteroatoms. The van der Waals surface area contributed by atoms with E-state index in [-0.39, 0.29) is 0 Å². The zero-order valence-electron chi connectivity index (χ0n) is 9.07. The van der Waals surface area contributed by atoms with Crippen molar-refractivity contribution in [3.05, 3.63) is 40.4 Å². The molecule has 86 valence electrons. The fourth-order valence-electron chi connectivity index (χ4n) is 1.33. The quantitative estimate of drug-likeness (QED) is 0.903. The second kappa shape index (κ2) is 4.85. The Hall–Kier alpha value is -2.06. The van der Waals surface area contributed by atoms with Gasteiger partial charge < -0.3 is 9.84 Å². The largest absolute Gasteiger partial charge is 0.363 e. The van der Waals surface area contributed by atoms with E-state index in [1.165, 1.54) is 6.20 Å². The molecule has 0 spiro atoms. The Morgan fingerprint density at radius 1 is 1.59 bits per heavy atom. The molecule has 2 rings (SSSR count). The van der Waals surface area contributed by atoms with Crippen LogP contribution in [0.15, 0.2) is 22.9 Å². The van der Waals surface area contributed by atoms with E-state index in [0.29, 0.717) is 22.9 Å². The van der Waals surface area contributed by atoms with Gasteiger partial charge in [0.15, 0.2) is 0 Å². The second-order valence-electron chi connectivity index (χ2n) is 3.42. The van der Waals surface area contributed by atoms with Gasteiger partial charge in [-0.3, -0.25) is 0 Å². The van der Waals surface area contributed by atoms with Crippen LogP contribution in [0.2, 0.25) is 5.02 Å². The lowest BCUT2D eigenvalue weighted by molar-refractivity contribution is 0.391. The summed E-state index contributed by atoms with van der Waals surface area (Å²) in [6, 6.07) is 5.37. The highest BCUT2D eigenvalue weighted by atomic mass is 35.5. The van der Waals surface area contributed by atoms with E-state index in [4.69, 9.17) is 21.4 Å². The van der Waals surface area contributed by atoms with Crippen molar-refractivity contribution in [1.82, 2.24) is 10.1 Å². The van der Waals surface area contributed by atoms with Gasteiger partial charge in [0.25, 0.3) is 0 Å². The summed E-state index contributed by atoms with van der Waals surface area (Å²) >= 11 is 5.99. The molecule has 2 heterocycles. The number of hydrogen-bond donors (Lipinski definition) is 1. The first kappa shape index (κ1) is 11.4. The molecule has 0 unspecified atom stereocenters. The lowest BCUT2D eigenvalue weighted by atomic mass is 10.3. The molecule has 2 aromatic heterocycles. The van der Waals surface area contributed by atoms with Crippen molar-refractivity contribution in [2.75, 3.05) is 5.32 Å². The SMILES string of the molecule is Cc1cc(CNc2nccc(C#N)c2Cl)no1. The third-order valence-corrected chi connectivity index (χ3v) is 2.51. The van der Waals surface area contributed by atoms with Crippen LogP contribution in [-0.4, -0.2) is 10.1 Å². The molecule has 0 aliphatic carbocycles. The Morgan fingerprint density at radius 2 is 2.41 bits per heavy atom. The first-order valence-electron chi connectivity index (χ1n) is 4.91. The highest BCUT2D eigenvalue weighted by Crippen LogP contribution is 2.23. The lowest BCUT2D eigenvalue weighted by Gasteiger charge is -2.05. The molecule has 0 radical (unpaired) electrons. The summed E-state index contributed by atoms with van der Waals surface area (Å²) in [6.07, 6.45) is 1.53. The van der Waals surface area contributed by atoms with Gasteiger partial charge in [-0.2, -0.15) is 5.26 Å². The van der Waals surface area contributed by atoms with E-state index in [0.717, 1.165) is 11.5 Å². The van der Waals surface area contributed by atoms with E-state index in [2.05, 4.69) is 15.5 Å². The van der Waals surface area contributed by atoms with Crippen LogP contribution in [0.3, 0.4) is 0 Å². The number of aromatic nitrogens is 2. The molecular weight excluding hydrogens is 240 g/mol. The molecule has 0 saturated carbocycles. The fraction of sp³-hybridized carbons (Fsp3) is 0.182. The van der Waals surface area contributed by atoms with Crippen LogP contribution in [-0.2, 0) is 6.54 Å². The van der Waals surface area contributed by atoms with Gasteiger partial charge in [-0.25, -0.2) is 4.98 Å². The van der Waals surface area contributed by atoms with Crippen LogP contribution in [0.5, 0.6) is 0 Å². The topological polar surface area (TPSA) is 74.7 Å². The number of nitrogens with zero attached hydrogens (tertiary/aromatic N) is 3. The Kier molecular flexibility index (Phi) is 3.26. The standard InChI is InChI=1S/C11H9ClN4O/c1-7-4-9(16-17-7)6-15-11-10(12)8(5-13)2-3-14-11/h2-4H,6H2,1H3,(H,14,15). The fourth-order valence-corrected chi connectivity index (χ4v) is 1.55. The predicted octanol–water partition coefficient (Wildman–Crippen LogP) is 2.52. The minimum atomic E-state index is 0.315. The smallest absolute Gasteiger partial charge is 0.146 e. The van der Waals surface area contributed by atoms with Crippen molar-refractivity contribution in [3.8, 4) is 6.07 Å². The molecule has 0 amide bonds. The molecular formula is C11H9ClN4O. The maximum Gasteiger partial charge on any atom is 0.146 e. The summed E-state index contributed by atoms with van der Waals surface area (Å²) in [5, 5.41) is 16.0. The minimum absolute atomic E-state index is 0.315. The van der Waals surface area contributed by atoms with E-state index in [9.17, 15) is 0 Å². The summed E-state index contributed by atoms with van der Waals surface area (Å²) in [5.74, 6) is 1.21. The highest BCUT2D eigenvalue weighted by molar-refractivity contribution is 6.34. The van der Waals surface area contributed by atoms with E-state index in [1.807, 2.05) is 19.1 Å². The van der Waals surface area contributed by atoms with Crippen LogP contribution >= 0.6 is 11.6 Å². The van der Waals surface area contributed by atoms with Crippen molar-refractivity contribution in [3.63, 3.8) is 0 Å². The number of rotatable bonds is 3. The van der Waals surface area contributed by atoms with Gasteiger partial charge in [-0.1, -0.05) is 16.8 Å². The first-order chi connectivity index (χ1) is 8.20. The van der Waals surface area contributed by atoms with E-state index in [1.54, 1.807) is 6.07 Å². The average molecular weight is 249 g/mol. The van der Waals surface area contributed by atoms with Crippen molar-refractivity contribution >= 4 is 17.4 Å². The third-order valence-electron chi connectivity index (χ3n) is 2.12. The van der Waals surface area contributed by atoms with E-state index < -0.39 is 0 Å². The molecule has 0 aliphatic heterocycles. The first-order valence-corrected chi connectivity index (χ1v) is 5.29. The molecule has 1 N–H and O–H groups in total. The Bertz CT molecular complexity index is 573. The Morgan fingerprint density at radius 3 is 3.06 bits per heavy atom. The molecule has 2 aromatic rings. The zero-order chi connectivity index (χ0) is 12.3. The van der Waals surface area contributed by atoms with Gasteiger partial charge in [-0.15, -0.1) is 0 Å². The number of anilines is 1. The lowest BCUT2D eigenvalue weighted by Crippen LogP contribution is -2.02. The van der Waals surface area contributed by atoms with Gasteiger partial charge in [0.05, 0.1) is 12.1 Å². The number of aryl methyl sites for hydroxylation is 1. The van der Waals surface area contributed by atoms with Crippen LogP contribution < -0.4 is 5.32 Å². The van der Waals surface area contributed by atoms with Crippen molar-refractivity contribution in [2.24, 2.45) is 0 Å². The number of nitriles is 1. The Balaban J connectivity index is 2.12. The molecule has 0 fully saturated rings. The van der Waals surface area contributed by atoms with Gasteiger partial charge in [0.2, 0.25) is 0 Å². The average Bonchev–Trinajstić information content (AvgIpc) is 2.74. The second-order valence-corrected chi connectivity index (χ2v) is 3.79. The molecule has 0 bridgehead atoms. The van der Waals surface area contributed by atoms with Crippen LogP contribution in [0.25, 0.3) is 0 Å². The summed E-state index contributed by atoms with van der Waals surface area (Å²) in [5.41, 5.74) is 1.14. The van der Waals surface area contributed by atoms with Crippen LogP contribution in [0.4, 0.5) is 5.82 Å². The van der Waals surface area contributed by atoms with Gasteiger partial charge in [0, 0.05) is 12.3 Å². The maximum atomic E-state index is 8.81. The van der Waals surface area contributed by atoms with Crippen molar-refractivity contribution in [2.45, 2.75) is 13.5 Å². The third kappa shape index (κ3) is 2.55. The van der Waals surface area contributed by atoms with Crippen LogP contribution in [0, 0.1) is 18.3 Å². The molecule has 0 aliphatic rings. The maximum absolute atomic E-state index is 8.81. The van der Waals surface area contributed by atoms with Crippen molar-refractivity contribution < 1.29 is 4.52 Å². The molecule has 0 aromatic carbocycles. The van der Waals surface area contributed by atoms with Crippen LogP contribution in [0.1, 0.15) is 17.0 Å². The number of halogens is 1. The molecule has 5 nitrogen and oxygen atoms in total. The number of hydrogen-bond acceptors (Lipinski definition) is 5. The van der Waals surface area contributed by atoms with Gasteiger partial charge in [-0.05, 0) is 13.0 Å². The normalized spacial score (nSPS) is 9.94. The highest BCUT2D eigenvalue weighted by Gasteiger charge is 2.07. The summed E-state index contributed by atoms with van der Waals surface area (Å²) < 4.78 is 4.93.